The molecule has 0 aliphatic heterocycles. The second kappa shape index (κ2) is 10.8. The van der Waals surface area contributed by atoms with Gasteiger partial charge in [-0.15, -0.1) is 5.10 Å². The van der Waals surface area contributed by atoms with Gasteiger partial charge in [-0.25, -0.2) is 24.5 Å². The number of hydrogen-bond acceptors (Lipinski definition) is 9. The highest BCUT2D eigenvalue weighted by Crippen LogP contribution is 2.22. The lowest BCUT2D eigenvalue weighted by Gasteiger charge is -2.20. The second-order valence-corrected chi connectivity index (χ2v) is 9.20. The number of methoxy groups -OCH3 is 1. The first-order valence-corrected chi connectivity index (χ1v) is 12.8. The summed E-state index contributed by atoms with van der Waals surface area (Å²) in [5.41, 5.74) is 8.22. The molecule has 0 fully saturated rings. The van der Waals surface area contributed by atoms with Gasteiger partial charge in [0.15, 0.2) is 11.5 Å². The van der Waals surface area contributed by atoms with Crippen LogP contribution in [0.1, 0.15) is 40.3 Å². The fourth-order valence-corrected chi connectivity index (χ4v) is 4.55. The number of para-hydroxylation sites is 1. The zero-order valence-corrected chi connectivity index (χ0v) is 22.5. The van der Waals surface area contributed by atoms with E-state index in [9.17, 15) is 9.59 Å². The molecule has 1 atom stereocenters. The van der Waals surface area contributed by atoms with Crippen molar-refractivity contribution in [3.63, 3.8) is 0 Å². The third-order valence-electron chi connectivity index (χ3n) is 6.47. The topological polar surface area (TPSA) is 155 Å². The molecule has 0 bridgehead atoms. The van der Waals surface area contributed by atoms with Crippen LogP contribution >= 0.6 is 0 Å². The van der Waals surface area contributed by atoms with Gasteiger partial charge in [-0.3, -0.25) is 14.2 Å². The summed E-state index contributed by atoms with van der Waals surface area (Å²) in [4.78, 5) is 44.8. The Labute approximate surface area is 238 Å². The molecular weight excluding hydrogens is 534 g/mol. The fraction of sp³-hybridized carbons (Fsp3) is 0.100. The van der Waals surface area contributed by atoms with E-state index in [1.54, 1.807) is 68.1 Å². The van der Waals surface area contributed by atoms with E-state index in [1.807, 2.05) is 18.2 Å². The van der Waals surface area contributed by atoms with Crippen LogP contribution in [-0.4, -0.2) is 47.1 Å². The lowest BCUT2D eigenvalue weighted by molar-refractivity contribution is 0.0940. The third kappa shape index (κ3) is 4.75. The van der Waals surface area contributed by atoms with Gasteiger partial charge >= 0.3 is 6.01 Å². The van der Waals surface area contributed by atoms with Gasteiger partial charge in [-0.2, -0.15) is 0 Å². The molecule has 0 aliphatic rings. The smallest absolute Gasteiger partial charge is 0.316 e. The van der Waals surface area contributed by atoms with Gasteiger partial charge in [0.25, 0.3) is 11.5 Å². The number of amides is 1. The first kappa shape index (κ1) is 26.1. The average Bonchev–Trinajstić information content (AvgIpc) is 3.36. The molecule has 42 heavy (non-hydrogen) atoms. The molecule has 3 N–H and O–H groups in total. The van der Waals surface area contributed by atoms with E-state index in [0.29, 0.717) is 39.2 Å². The van der Waals surface area contributed by atoms with Crippen LogP contribution < -0.4 is 21.3 Å². The van der Waals surface area contributed by atoms with Crippen LogP contribution in [0.15, 0.2) is 84.2 Å². The summed E-state index contributed by atoms with van der Waals surface area (Å²) in [7, 11) is 1.48. The molecule has 0 spiro atoms. The minimum Gasteiger partial charge on any atom is -0.467 e. The SMILES string of the molecule is COc1ncc(C#Cc2cccc3nc(C(C)NC(=O)c4c(N)nn5cccnc45)n(-c4ccccc4)c(=O)c23)cn1. The Morgan fingerprint density at radius 1 is 1.02 bits per heavy atom. The summed E-state index contributed by atoms with van der Waals surface area (Å²) >= 11 is 0. The van der Waals surface area contributed by atoms with Crippen molar-refractivity contribution in [2.45, 2.75) is 13.0 Å². The van der Waals surface area contributed by atoms with Crippen LogP contribution in [0.25, 0.3) is 22.2 Å². The van der Waals surface area contributed by atoms with Crippen molar-refractivity contribution in [3.8, 4) is 23.5 Å². The monoisotopic (exact) mass is 557 g/mol. The lowest BCUT2D eigenvalue weighted by atomic mass is 10.1. The number of ether oxygens (including phenoxy) is 1. The molecule has 0 saturated carbocycles. The molecule has 4 aromatic heterocycles. The minimum atomic E-state index is -0.709. The zero-order valence-electron chi connectivity index (χ0n) is 22.5. The standard InChI is InChI=1S/C30H23N9O3/c1-18(35-28(40)24-25(31)37-38-15-7-14-32-27(24)38)26-36-22-11-6-8-20(13-12-19-16-33-30(42-2)34-17-19)23(22)29(41)39(26)21-9-4-3-5-10-21/h3-11,14-18H,1-2H3,(H2,31,37)(H,35,40). The summed E-state index contributed by atoms with van der Waals surface area (Å²) in [6.45, 7) is 1.74. The molecule has 12 nitrogen and oxygen atoms in total. The molecule has 12 heteroatoms. The Morgan fingerprint density at radius 3 is 2.57 bits per heavy atom. The maximum absolute atomic E-state index is 14.2. The van der Waals surface area contributed by atoms with Crippen molar-refractivity contribution in [2.24, 2.45) is 0 Å². The van der Waals surface area contributed by atoms with Crippen LogP contribution in [0.5, 0.6) is 6.01 Å². The Morgan fingerprint density at radius 2 is 1.81 bits per heavy atom. The first-order chi connectivity index (χ1) is 20.4. The maximum atomic E-state index is 14.2. The van der Waals surface area contributed by atoms with Crippen molar-refractivity contribution in [3.05, 3.63) is 112 Å². The van der Waals surface area contributed by atoms with E-state index < -0.39 is 11.9 Å². The van der Waals surface area contributed by atoms with Crippen LogP contribution in [0.3, 0.4) is 0 Å². The lowest BCUT2D eigenvalue weighted by Crippen LogP contribution is -2.33. The molecule has 4 heterocycles. The zero-order chi connectivity index (χ0) is 29.2. The van der Waals surface area contributed by atoms with Gasteiger partial charge in [-0.05, 0) is 37.3 Å². The number of nitrogens with zero attached hydrogens (tertiary/aromatic N) is 7. The van der Waals surface area contributed by atoms with Gasteiger partial charge in [0, 0.05) is 30.4 Å². The largest absolute Gasteiger partial charge is 0.467 e. The molecule has 1 amide bonds. The van der Waals surface area contributed by atoms with Crippen molar-refractivity contribution >= 4 is 28.3 Å². The summed E-state index contributed by atoms with van der Waals surface area (Å²) in [6.07, 6.45) is 6.29. The van der Waals surface area contributed by atoms with Gasteiger partial charge in [0.1, 0.15) is 11.4 Å². The molecule has 6 rings (SSSR count). The molecular formula is C30H23N9O3. The van der Waals surface area contributed by atoms with E-state index in [1.165, 1.54) is 16.2 Å². The van der Waals surface area contributed by atoms with Crippen molar-refractivity contribution in [2.75, 3.05) is 12.8 Å². The summed E-state index contributed by atoms with van der Waals surface area (Å²) in [6, 6.07) is 15.5. The van der Waals surface area contributed by atoms with Crippen molar-refractivity contribution in [1.29, 1.82) is 0 Å². The van der Waals surface area contributed by atoms with E-state index in [-0.39, 0.29) is 23.0 Å². The highest BCUT2D eigenvalue weighted by molar-refractivity contribution is 6.04. The molecule has 6 aromatic rings. The van der Waals surface area contributed by atoms with Crippen LogP contribution in [0.2, 0.25) is 0 Å². The van der Waals surface area contributed by atoms with Crippen molar-refractivity contribution < 1.29 is 9.53 Å². The number of rotatable bonds is 5. The van der Waals surface area contributed by atoms with E-state index in [0.717, 1.165) is 0 Å². The molecule has 2 aromatic carbocycles. The first-order valence-electron chi connectivity index (χ1n) is 12.8. The number of aromatic nitrogens is 7. The van der Waals surface area contributed by atoms with Crippen LogP contribution in [0.4, 0.5) is 5.82 Å². The molecule has 1 unspecified atom stereocenters. The maximum Gasteiger partial charge on any atom is 0.316 e. The number of carbonyl (C=O) groups excluding carboxylic acids is 1. The highest BCUT2D eigenvalue weighted by Gasteiger charge is 2.24. The Hall–Kier alpha value is -6.09. The number of nitrogen functional groups attached to an aromatic ring is 1. The number of carbonyl (C=O) groups is 1. The number of nitrogens with one attached hydrogen (secondary N) is 1. The second-order valence-electron chi connectivity index (χ2n) is 9.20. The number of fused-ring (bicyclic) bond motifs is 2. The van der Waals surface area contributed by atoms with Crippen molar-refractivity contribution in [1.82, 2.24) is 39.4 Å². The molecule has 0 saturated heterocycles. The summed E-state index contributed by atoms with van der Waals surface area (Å²) in [5.74, 6) is 5.92. The predicted molar refractivity (Wildman–Crippen MR) is 155 cm³/mol. The van der Waals surface area contributed by atoms with Gasteiger partial charge in [0.2, 0.25) is 0 Å². The summed E-state index contributed by atoms with van der Waals surface area (Å²) in [5, 5.41) is 7.42. The highest BCUT2D eigenvalue weighted by atomic mass is 16.5. The fourth-order valence-electron chi connectivity index (χ4n) is 4.55. The van der Waals surface area contributed by atoms with Crippen LogP contribution in [-0.2, 0) is 0 Å². The average molecular weight is 558 g/mol. The quantitative estimate of drug-likeness (QED) is 0.304. The molecule has 206 valence electrons. The number of nitrogens with two attached hydrogens (primary N) is 1. The van der Waals surface area contributed by atoms with Gasteiger partial charge in [-0.1, -0.05) is 36.1 Å². The number of anilines is 1. The number of benzene rings is 2. The molecule has 0 radical (unpaired) electrons. The Kier molecular flexibility index (Phi) is 6.74. The minimum absolute atomic E-state index is 0.0378. The van der Waals surface area contributed by atoms with E-state index >= 15 is 0 Å². The van der Waals surface area contributed by atoms with Crippen LogP contribution in [0, 0.1) is 11.8 Å². The van der Waals surface area contributed by atoms with E-state index in [4.69, 9.17) is 15.5 Å². The Bertz CT molecular complexity index is 2080. The van der Waals surface area contributed by atoms with Gasteiger partial charge < -0.3 is 15.8 Å². The van der Waals surface area contributed by atoms with Gasteiger partial charge in [0.05, 0.1) is 35.3 Å². The molecule has 0 aliphatic carbocycles. The summed E-state index contributed by atoms with van der Waals surface area (Å²) < 4.78 is 7.91. The predicted octanol–water partition coefficient (Wildman–Crippen LogP) is 2.70. The Balaban J connectivity index is 1.46. The van der Waals surface area contributed by atoms with E-state index in [2.05, 4.69) is 37.2 Å². The number of hydrogen-bond donors (Lipinski definition) is 2. The third-order valence-corrected chi connectivity index (χ3v) is 6.47. The normalized spacial score (nSPS) is 11.6.